The van der Waals surface area contributed by atoms with Gasteiger partial charge in [0.2, 0.25) is 0 Å². The quantitative estimate of drug-likeness (QED) is 0.645. The molecule has 5 nitrogen and oxygen atoms in total. The first-order valence-electron chi connectivity index (χ1n) is 8.70. The maximum atomic E-state index is 15.5. The zero-order valence-corrected chi connectivity index (χ0v) is 16.1. The van der Waals surface area contributed by atoms with E-state index in [-0.39, 0.29) is 17.1 Å². The molecule has 4 rings (SSSR count). The van der Waals surface area contributed by atoms with E-state index in [0.29, 0.717) is 27.2 Å². The molecular weight excluding hydrogens is 398 g/mol. The summed E-state index contributed by atoms with van der Waals surface area (Å²) in [5.41, 5.74) is 12.9. The number of hydrogen-bond acceptors (Lipinski definition) is 5. The molecule has 8 heteroatoms. The zero-order chi connectivity index (χ0) is 20.7. The second kappa shape index (κ2) is 7.35. The van der Waals surface area contributed by atoms with Crippen LogP contribution < -0.4 is 16.4 Å². The van der Waals surface area contributed by atoms with E-state index in [2.05, 4.69) is 4.98 Å². The van der Waals surface area contributed by atoms with Gasteiger partial charge < -0.3 is 21.1 Å². The summed E-state index contributed by atoms with van der Waals surface area (Å²) in [7, 11) is 1.49. The maximum Gasteiger partial charge on any atom is 0.157 e. The summed E-state index contributed by atoms with van der Waals surface area (Å²) >= 11 is 6.07. The van der Waals surface area contributed by atoms with E-state index >= 15 is 4.39 Å². The fourth-order valence-electron chi connectivity index (χ4n) is 3.35. The number of pyridine rings is 1. The number of aromatic nitrogens is 1. The molecule has 0 saturated carbocycles. The number of rotatable bonds is 3. The molecule has 1 atom stereocenters. The van der Waals surface area contributed by atoms with Crippen molar-refractivity contribution in [3.05, 3.63) is 71.4 Å². The van der Waals surface area contributed by atoms with Crippen molar-refractivity contribution in [1.82, 2.24) is 4.98 Å². The van der Waals surface area contributed by atoms with Gasteiger partial charge in [-0.2, -0.15) is 0 Å². The fourth-order valence-corrected chi connectivity index (χ4v) is 3.53. The Morgan fingerprint density at radius 1 is 1.14 bits per heavy atom. The Balaban J connectivity index is 1.88. The predicted molar refractivity (Wildman–Crippen MR) is 112 cm³/mol. The number of anilines is 3. The zero-order valence-electron chi connectivity index (χ0n) is 15.4. The summed E-state index contributed by atoms with van der Waals surface area (Å²) in [4.78, 5) is 5.69. The molecule has 2 heterocycles. The Hall–Kier alpha value is -3.16. The van der Waals surface area contributed by atoms with Crippen LogP contribution in [-0.4, -0.2) is 18.3 Å². The van der Waals surface area contributed by atoms with Crippen LogP contribution in [0.4, 0.5) is 26.0 Å². The van der Waals surface area contributed by atoms with Crippen molar-refractivity contribution in [3.63, 3.8) is 0 Å². The molecule has 0 fully saturated rings. The van der Waals surface area contributed by atoms with Gasteiger partial charge in [-0.05, 0) is 42.0 Å². The van der Waals surface area contributed by atoms with Crippen molar-refractivity contribution >= 4 is 39.7 Å². The molecule has 1 aliphatic rings. The van der Waals surface area contributed by atoms with E-state index in [1.54, 1.807) is 30.4 Å². The molecule has 148 valence electrons. The Labute approximate surface area is 170 Å². The highest BCUT2D eigenvalue weighted by Crippen LogP contribution is 2.37. The van der Waals surface area contributed by atoms with Crippen molar-refractivity contribution in [2.45, 2.75) is 6.23 Å². The van der Waals surface area contributed by atoms with Crippen molar-refractivity contribution in [2.75, 3.05) is 23.5 Å². The number of hydrogen-bond donors (Lipinski definition) is 2. The third-order valence-electron chi connectivity index (χ3n) is 4.70. The van der Waals surface area contributed by atoms with Crippen LogP contribution in [0.25, 0.3) is 22.0 Å². The monoisotopic (exact) mass is 414 g/mol. The Bertz CT molecular complexity index is 1180. The first kappa shape index (κ1) is 19.2. The Morgan fingerprint density at radius 3 is 2.69 bits per heavy atom. The van der Waals surface area contributed by atoms with E-state index in [4.69, 9.17) is 27.8 Å². The summed E-state index contributed by atoms with van der Waals surface area (Å²) in [6.07, 6.45) is 4.28. The molecule has 0 aliphatic carbocycles. The van der Waals surface area contributed by atoms with E-state index in [1.807, 2.05) is 0 Å². The molecule has 2 aromatic carbocycles. The minimum atomic E-state index is -0.746. The largest absolute Gasteiger partial charge is 0.398 e. The number of nitrogens with zero attached hydrogens (tertiary/aromatic N) is 2. The third-order valence-corrected chi connectivity index (χ3v) is 4.92. The summed E-state index contributed by atoms with van der Waals surface area (Å²) in [5, 5.41) is 0.949. The van der Waals surface area contributed by atoms with Crippen LogP contribution in [0.5, 0.6) is 0 Å². The summed E-state index contributed by atoms with van der Waals surface area (Å²) in [6, 6.07) is 8.85. The van der Waals surface area contributed by atoms with Gasteiger partial charge in [-0.3, -0.25) is 0 Å². The molecule has 0 bridgehead atoms. The number of benzene rings is 2. The van der Waals surface area contributed by atoms with Gasteiger partial charge in [-0.15, -0.1) is 0 Å². The molecule has 0 radical (unpaired) electrons. The first-order valence-corrected chi connectivity index (χ1v) is 9.07. The minimum Gasteiger partial charge on any atom is -0.398 e. The maximum absolute atomic E-state index is 15.5. The average Bonchev–Trinajstić information content (AvgIpc) is 2.68. The summed E-state index contributed by atoms with van der Waals surface area (Å²) < 4.78 is 35.6. The lowest BCUT2D eigenvalue weighted by atomic mass is 10.00. The van der Waals surface area contributed by atoms with Gasteiger partial charge in [0.1, 0.15) is 11.6 Å². The molecule has 4 N–H and O–H groups in total. The van der Waals surface area contributed by atoms with Gasteiger partial charge in [-0.25, -0.2) is 13.8 Å². The number of nitrogens with two attached hydrogens (primary N) is 2. The highest BCUT2D eigenvalue weighted by atomic mass is 35.5. The van der Waals surface area contributed by atoms with Crippen LogP contribution in [0, 0.1) is 11.6 Å². The molecule has 0 amide bonds. The first-order chi connectivity index (χ1) is 13.9. The topological polar surface area (TPSA) is 77.4 Å². The molecule has 0 spiro atoms. The Morgan fingerprint density at radius 2 is 1.93 bits per heavy atom. The smallest absolute Gasteiger partial charge is 0.157 e. The second-order valence-corrected chi connectivity index (χ2v) is 6.97. The van der Waals surface area contributed by atoms with Gasteiger partial charge in [-0.1, -0.05) is 17.7 Å². The van der Waals surface area contributed by atoms with Gasteiger partial charge in [0, 0.05) is 30.4 Å². The fraction of sp³-hybridized carbons (Fsp3) is 0.0952. The molecule has 1 aromatic heterocycles. The Kier molecular flexibility index (Phi) is 4.86. The predicted octanol–water partition coefficient (Wildman–Crippen LogP) is 4.77. The minimum absolute atomic E-state index is 0.124. The van der Waals surface area contributed by atoms with Crippen LogP contribution in [0.15, 0.2) is 59.8 Å². The number of allylic oxidation sites excluding steroid dienone is 2. The highest BCUT2D eigenvalue weighted by molar-refractivity contribution is 6.31. The average molecular weight is 415 g/mol. The third kappa shape index (κ3) is 3.39. The van der Waals surface area contributed by atoms with Crippen LogP contribution in [-0.2, 0) is 4.74 Å². The van der Waals surface area contributed by atoms with Crippen molar-refractivity contribution < 1.29 is 13.5 Å². The molecule has 1 unspecified atom stereocenters. The van der Waals surface area contributed by atoms with E-state index < -0.39 is 17.9 Å². The van der Waals surface area contributed by atoms with E-state index in [9.17, 15) is 4.39 Å². The standard InChI is InChI=1S/C21H17ClF2N4O/c1-29-19-7-3-12(22)10-28(19)17-6-4-14(23)20(21(17)24)11-2-5-16-13(8-11)15(25)9-18(26)27-16/h2-10,19H,1H3,(H4,25,26,27). The molecule has 3 aromatic rings. The van der Waals surface area contributed by atoms with Crippen molar-refractivity contribution in [3.8, 4) is 11.1 Å². The highest BCUT2D eigenvalue weighted by Gasteiger charge is 2.24. The van der Waals surface area contributed by atoms with Crippen LogP contribution in [0.3, 0.4) is 0 Å². The molecule has 29 heavy (non-hydrogen) atoms. The lowest BCUT2D eigenvalue weighted by Crippen LogP contribution is -2.33. The van der Waals surface area contributed by atoms with Crippen LogP contribution >= 0.6 is 11.6 Å². The van der Waals surface area contributed by atoms with Gasteiger partial charge >= 0.3 is 0 Å². The lowest BCUT2D eigenvalue weighted by Gasteiger charge is -2.30. The number of ether oxygens (including phenoxy) is 1. The summed E-state index contributed by atoms with van der Waals surface area (Å²) in [5.74, 6) is -1.18. The van der Waals surface area contributed by atoms with Gasteiger partial charge in [0.25, 0.3) is 0 Å². The molecular formula is C21H17ClF2N4O. The molecule has 1 aliphatic heterocycles. The van der Waals surface area contributed by atoms with E-state index in [0.717, 1.165) is 0 Å². The van der Waals surface area contributed by atoms with Crippen molar-refractivity contribution in [1.29, 1.82) is 0 Å². The van der Waals surface area contributed by atoms with Gasteiger partial charge in [0.05, 0.1) is 21.8 Å². The molecule has 0 saturated heterocycles. The number of nitrogen functional groups attached to an aromatic ring is 2. The number of methoxy groups -OCH3 is 1. The number of fused-ring (bicyclic) bond motifs is 1. The SMILES string of the molecule is COC1C=CC(Cl)=CN1c1ccc(F)c(-c2ccc3nc(N)cc(N)c3c2)c1F. The van der Waals surface area contributed by atoms with Crippen LogP contribution in [0.1, 0.15) is 0 Å². The lowest BCUT2D eigenvalue weighted by molar-refractivity contribution is 0.143. The second-order valence-electron chi connectivity index (χ2n) is 6.53. The van der Waals surface area contributed by atoms with E-state index in [1.165, 1.54) is 36.4 Å². The van der Waals surface area contributed by atoms with Gasteiger partial charge in [0.15, 0.2) is 12.0 Å². The summed E-state index contributed by atoms with van der Waals surface area (Å²) in [6.45, 7) is 0. The van der Waals surface area contributed by atoms with Crippen molar-refractivity contribution in [2.24, 2.45) is 0 Å². The normalized spacial score (nSPS) is 16.3. The van der Waals surface area contributed by atoms with Crippen LogP contribution in [0.2, 0.25) is 0 Å². The number of halogens is 3.